The molecule has 1 saturated heterocycles. The average Bonchev–Trinajstić information content (AvgIpc) is 2.74. The molecule has 3 rings (SSSR count). The molecule has 1 aromatic rings. The Hall–Kier alpha value is -0.930. The van der Waals surface area contributed by atoms with Crippen molar-refractivity contribution >= 4 is 18.1 Å². The fraction of sp³-hybridized carbons (Fsp3) is 0.647. The van der Waals surface area contributed by atoms with Gasteiger partial charge < -0.3 is 15.0 Å². The minimum Gasteiger partial charge on any atom is -0.487 e. The van der Waals surface area contributed by atoms with E-state index in [4.69, 9.17) is 4.74 Å². The molecule has 0 aromatic heterocycles. The molecule has 0 bridgehead atoms. The number of fused-ring (bicyclic) bond motifs is 1. The number of halogens is 1. The van der Waals surface area contributed by atoms with Crippen LogP contribution in [0.1, 0.15) is 36.1 Å². The third-order valence-electron chi connectivity index (χ3n) is 4.75. The molecule has 1 fully saturated rings. The van der Waals surface area contributed by atoms with Gasteiger partial charge in [-0.05, 0) is 51.3 Å². The molecule has 21 heavy (non-hydrogen) atoms. The zero-order chi connectivity index (χ0) is 14.5. The Bertz CT molecular complexity index is 548. The van der Waals surface area contributed by atoms with Crippen LogP contribution in [0.25, 0.3) is 0 Å². The number of nitrogens with one attached hydrogen (secondary N) is 1. The Morgan fingerprint density at radius 3 is 2.24 bits per heavy atom. The zero-order valence-corrected chi connectivity index (χ0v) is 14.6. The highest BCUT2D eigenvalue weighted by Gasteiger charge is 2.35. The van der Waals surface area contributed by atoms with Gasteiger partial charge in [0.25, 0.3) is 0 Å². The molecule has 1 aromatic carbocycles. The highest BCUT2D eigenvalue weighted by Crippen LogP contribution is 2.45. The zero-order valence-electron chi connectivity index (χ0n) is 13.8. The van der Waals surface area contributed by atoms with Gasteiger partial charge in [0.2, 0.25) is 0 Å². The second-order valence-electron chi connectivity index (χ2n) is 6.81. The van der Waals surface area contributed by atoms with Crippen molar-refractivity contribution in [2.24, 2.45) is 0 Å². The highest BCUT2D eigenvalue weighted by atomic mass is 35.5. The first-order chi connectivity index (χ1) is 9.41. The quantitative estimate of drug-likeness (QED) is 0.862. The smallest absolute Gasteiger partial charge is 0.127 e. The lowest BCUT2D eigenvalue weighted by atomic mass is 9.92. The molecule has 3 nitrogen and oxygen atoms in total. The second kappa shape index (κ2) is 5.69. The van der Waals surface area contributed by atoms with Gasteiger partial charge in [-0.1, -0.05) is 0 Å². The van der Waals surface area contributed by atoms with Gasteiger partial charge in [0, 0.05) is 43.9 Å². The molecular formula is C17H27ClN2O. The average molecular weight is 311 g/mol. The summed E-state index contributed by atoms with van der Waals surface area (Å²) in [7, 11) is 0. The second-order valence-corrected chi connectivity index (χ2v) is 6.81. The van der Waals surface area contributed by atoms with Crippen LogP contribution in [-0.2, 0) is 6.42 Å². The highest BCUT2D eigenvalue weighted by molar-refractivity contribution is 5.85. The topological polar surface area (TPSA) is 24.5 Å². The number of anilines is 1. The van der Waals surface area contributed by atoms with Crippen LogP contribution in [0.5, 0.6) is 5.75 Å². The van der Waals surface area contributed by atoms with Crippen LogP contribution in [0.4, 0.5) is 5.69 Å². The van der Waals surface area contributed by atoms with E-state index in [-0.39, 0.29) is 18.0 Å². The third kappa shape index (κ3) is 2.74. The number of piperazine rings is 1. The van der Waals surface area contributed by atoms with E-state index < -0.39 is 0 Å². The van der Waals surface area contributed by atoms with Crippen LogP contribution in [-0.4, -0.2) is 31.8 Å². The van der Waals surface area contributed by atoms with Crippen LogP contribution >= 0.6 is 12.4 Å². The summed E-state index contributed by atoms with van der Waals surface area (Å²) in [6, 6.07) is 0. The number of rotatable bonds is 1. The van der Waals surface area contributed by atoms with Crippen LogP contribution in [0.15, 0.2) is 0 Å². The van der Waals surface area contributed by atoms with E-state index in [9.17, 15) is 0 Å². The van der Waals surface area contributed by atoms with E-state index in [1.165, 1.54) is 27.9 Å². The summed E-state index contributed by atoms with van der Waals surface area (Å²) >= 11 is 0. The van der Waals surface area contributed by atoms with E-state index in [1.54, 1.807) is 0 Å². The first kappa shape index (κ1) is 16.4. The van der Waals surface area contributed by atoms with Gasteiger partial charge >= 0.3 is 0 Å². The normalized spacial score (nSPS) is 19.8. The summed E-state index contributed by atoms with van der Waals surface area (Å²) < 4.78 is 6.20. The van der Waals surface area contributed by atoms with Crippen molar-refractivity contribution in [1.82, 2.24) is 5.32 Å². The van der Waals surface area contributed by atoms with Crippen molar-refractivity contribution in [2.75, 3.05) is 31.1 Å². The standard InChI is InChI=1S/C17H26N2O.ClH/c1-11-12(2)16-14(10-17(4,5)20-16)13(3)15(11)19-8-6-18-7-9-19;/h18H,6-10H2,1-5H3;1H. The van der Waals surface area contributed by atoms with Crippen molar-refractivity contribution in [1.29, 1.82) is 0 Å². The van der Waals surface area contributed by atoms with Crippen LogP contribution in [0, 0.1) is 20.8 Å². The minimum absolute atomic E-state index is 0. The Balaban J connectivity index is 0.00000161. The van der Waals surface area contributed by atoms with Gasteiger partial charge in [0.15, 0.2) is 0 Å². The van der Waals surface area contributed by atoms with Crippen molar-refractivity contribution < 1.29 is 4.74 Å². The van der Waals surface area contributed by atoms with E-state index in [2.05, 4.69) is 44.8 Å². The number of ether oxygens (including phenoxy) is 1. The van der Waals surface area contributed by atoms with Crippen molar-refractivity contribution in [3.63, 3.8) is 0 Å². The van der Waals surface area contributed by atoms with Crippen molar-refractivity contribution in [2.45, 2.75) is 46.6 Å². The molecule has 0 saturated carbocycles. The fourth-order valence-corrected chi connectivity index (χ4v) is 3.62. The summed E-state index contributed by atoms with van der Waals surface area (Å²) in [5, 5.41) is 3.44. The van der Waals surface area contributed by atoms with Gasteiger partial charge in [-0.3, -0.25) is 0 Å². The Labute approximate surface area is 134 Å². The lowest BCUT2D eigenvalue weighted by Crippen LogP contribution is -2.44. The van der Waals surface area contributed by atoms with E-state index in [0.717, 1.165) is 38.3 Å². The van der Waals surface area contributed by atoms with Gasteiger partial charge in [-0.15, -0.1) is 12.4 Å². The van der Waals surface area contributed by atoms with E-state index >= 15 is 0 Å². The van der Waals surface area contributed by atoms with Crippen LogP contribution in [0.3, 0.4) is 0 Å². The van der Waals surface area contributed by atoms with Gasteiger partial charge in [-0.2, -0.15) is 0 Å². The molecule has 0 atom stereocenters. The van der Waals surface area contributed by atoms with Crippen molar-refractivity contribution in [3.8, 4) is 5.75 Å². The monoisotopic (exact) mass is 310 g/mol. The Kier molecular flexibility index (Phi) is 4.46. The summed E-state index contributed by atoms with van der Waals surface area (Å²) in [5.74, 6) is 1.14. The first-order valence-electron chi connectivity index (χ1n) is 7.68. The molecule has 0 amide bonds. The maximum Gasteiger partial charge on any atom is 0.127 e. The van der Waals surface area contributed by atoms with E-state index in [0.29, 0.717) is 0 Å². The number of benzene rings is 1. The molecule has 0 radical (unpaired) electrons. The molecule has 0 unspecified atom stereocenters. The SMILES string of the molecule is Cc1c(C)c(N2CCNCC2)c(C)c2c1OC(C)(C)C2.Cl. The summed E-state index contributed by atoms with van der Waals surface area (Å²) in [5.41, 5.74) is 6.95. The summed E-state index contributed by atoms with van der Waals surface area (Å²) in [4.78, 5) is 2.54. The van der Waals surface area contributed by atoms with Gasteiger partial charge in [0.05, 0.1) is 0 Å². The predicted molar refractivity (Wildman–Crippen MR) is 91.4 cm³/mol. The Morgan fingerprint density at radius 1 is 1.00 bits per heavy atom. The molecule has 2 heterocycles. The van der Waals surface area contributed by atoms with Crippen LogP contribution in [0.2, 0.25) is 0 Å². The van der Waals surface area contributed by atoms with E-state index in [1.807, 2.05) is 0 Å². The Morgan fingerprint density at radius 2 is 1.62 bits per heavy atom. The lowest BCUT2D eigenvalue weighted by Gasteiger charge is -2.33. The number of hydrogen-bond acceptors (Lipinski definition) is 3. The number of hydrogen-bond donors (Lipinski definition) is 1. The number of nitrogens with zero attached hydrogens (tertiary/aromatic N) is 1. The molecule has 0 spiro atoms. The minimum atomic E-state index is -0.0631. The van der Waals surface area contributed by atoms with Crippen LogP contribution < -0.4 is 15.0 Å². The van der Waals surface area contributed by atoms with Crippen molar-refractivity contribution in [3.05, 3.63) is 22.3 Å². The summed E-state index contributed by atoms with van der Waals surface area (Å²) in [6.07, 6.45) is 1.02. The van der Waals surface area contributed by atoms with Gasteiger partial charge in [-0.25, -0.2) is 0 Å². The summed E-state index contributed by atoms with van der Waals surface area (Å²) in [6.45, 7) is 15.5. The maximum absolute atomic E-state index is 6.20. The molecular weight excluding hydrogens is 284 g/mol. The first-order valence-corrected chi connectivity index (χ1v) is 7.68. The molecule has 118 valence electrons. The fourth-order valence-electron chi connectivity index (χ4n) is 3.62. The lowest BCUT2D eigenvalue weighted by molar-refractivity contribution is 0.137. The molecule has 2 aliphatic rings. The third-order valence-corrected chi connectivity index (χ3v) is 4.75. The largest absolute Gasteiger partial charge is 0.487 e. The van der Waals surface area contributed by atoms with Gasteiger partial charge in [0.1, 0.15) is 11.4 Å². The molecule has 4 heteroatoms. The maximum atomic E-state index is 6.20. The molecule has 1 N–H and O–H groups in total. The predicted octanol–water partition coefficient (Wildman–Crippen LogP) is 3.16. The molecule has 0 aliphatic carbocycles. The molecule has 2 aliphatic heterocycles.